The van der Waals surface area contributed by atoms with E-state index in [0.29, 0.717) is 30.3 Å². The van der Waals surface area contributed by atoms with E-state index in [4.69, 9.17) is 11.6 Å². The van der Waals surface area contributed by atoms with Crippen LogP contribution in [0, 0.1) is 0 Å². The molecule has 0 unspecified atom stereocenters. The molecule has 7 nitrogen and oxygen atoms in total. The molecule has 0 aliphatic rings. The van der Waals surface area contributed by atoms with Crippen molar-refractivity contribution in [3.8, 4) is 0 Å². The van der Waals surface area contributed by atoms with Crippen molar-refractivity contribution in [1.29, 1.82) is 0 Å². The SMILES string of the molecule is O=C([O-])c1ccc(CN(Cc2cccnc2)Cc2ccccc2NS(=O)(=O)c2ccc(Cl)cc2)cc1.[Na+]. The van der Waals surface area contributed by atoms with Crippen molar-refractivity contribution in [1.82, 2.24) is 9.88 Å². The van der Waals surface area contributed by atoms with Gasteiger partial charge in [-0.2, -0.15) is 0 Å². The van der Waals surface area contributed by atoms with Crippen LogP contribution in [0.25, 0.3) is 0 Å². The second-order valence-electron chi connectivity index (χ2n) is 8.21. The van der Waals surface area contributed by atoms with E-state index in [9.17, 15) is 18.3 Å². The monoisotopic (exact) mass is 543 g/mol. The Kier molecular flexibility index (Phi) is 10.3. The molecule has 0 fully saturated rings. The first-order valence-corrected chi connectivity index (χ1v) is 12.9. The molecule has 4 aromatic rings. The maximum atomic E-state index is 13.0. The number of aromatic nitrogens is 1. The summed E-state index contributed by atoms with van der Waals surface area (Å²) in [6.07, 6.45) is 3.48. The number of pyridine rings is 1. The molecule has 37 heavy (non-hydrogen) atoms. The van der Waals surface area contributed by atoms with Crippen molar-refractivity contribution >= 4 is 33.3 Å². The van der Waals surface area contributed by atoms with Gasteiger partial charge in [-0.15, -0.1) is 0 Å². The normalized spacial score (nSPS) is 11.1. The molecule has 0 spiro atoms. The van der Waals surface area contributed by atoms with Crippen LogP contribution in [-0.2, 0) is 29.7 Å². The van der Waals surface area contributed by atoms with Crippen molar-refractivity contribution in [3.05, 3.63) is 125 Å². The summed E-state index contributed by atoms with van der Waals surface area (Å²) in [4.78, 5) is 17.5. The summed E-state index contributed by atoms with van der Waals surface area (Å²) in [6.45, 7) is 1.48. The number of carboxylic acids is 1. The number of rotatable bonds is 10. The molecule has 0 bridgehead atoms. The van der Waals surface area contributed by atoms with Gasteiger partial charge < -0.3 is 9.90 Å². The minimum absolute atomic E-state index is 0. The van der Waals surface area contributed by atoms with Gasteiger partial charge in [0.15, 0.2) is 0 Å². The largest absolute Gasteiger partial charge is 1.00 e. The summed E-state index contributed by atoms with van der Waals surface area (Å²) in [5.74, 6) is -1.23. The van der Waals surface area contributed by atoms with Gasteiger partial charge in [0.1, 0.15) is 0 Å². The molecule has 10 heteroatoms. The molecule has 0 radical (unpaired) electrons. The van der Waals surface area contributed by atoms with Crippen LogP contribution in [0.15, 0.2) is 102 Å². The predicted molar refractivity (Wildman–Crippen MR) is 137 cm³/mol. The van der Waals surface area contributed by atoms with E-state index in [2.05, 4.69) is 14.6 Å². The Morgan fingerprint density at radius 2 is 1.54 bits per heavy atom. The summed E-state index contributed by atoms with van der Waals surface area (Å²) >= 11 is 5.90. The molecule has 1 N–H and O–H groups in total. The molecule has 0 saturated carbocycles. The zero-order valence-electron chi connectivity index (χ0n) is 20.2. The van der Waals surface area contributed by atoms with E-state index in [1.165, 1.54) is 36.4 Å². The van der Waals surface area contributed by atoms with Crippen molar-refractivity contribution in [2.24, 2.45) is 0 Å². The van der Waals surface area contributed by atoms with E-state index in [1.807, 2.05) is 24.3 Å². The smallest absolute Gasteiger partial charge is 0.545 e. The molecule has 4 rings (SSSR count). The first-order chi connectivity index (χ1) is 17.3. The van der Waals surface area contributed by atoms with Crippen LogP contribution in [0.2, 0.25) is 5.02 Å². The van der Waals surface area contributed by atoms with E-state index >= 15 is 0 Å². The number of para-hydroxylation sites is 1. The quantitative estimate of drug-likeness (QED) is 0.301. The molecule has 0 atom stereocenters. The molecular weight excluding hydrogens is 521 g/mol. The Balaban J connectivity index is 0.00000380. The fourth-order valence-electron chi connectivity index (χ4n) is 3.74. The molecule has 1 heterocycles. The third-order valence-electron chi connectivity index (χ3n) is 5.50. The van der Waals surface area contributed by atoms with Crippen LogP contribution < -0.4 is 39.4 Å². The van der Waals surface area contributed by atoms with Crippen LogP contribution in [0.5, 0.6) is 0 Å². The fourth-order valence-corrected chi connectivity index (χ4v) is 4.96. The number of carboxylic acid groups (broad SMARTS) is 1. The summed E-state index contributed by atoms with van der Waals surface area (Å²) in [6, 6.07) is 23.5. The minimum atomic E-state index is -3.82. The number of hydrogen-bond acceptors (Lipinski definition) is 6. The van der Waals surface area contributed by atoms with E-state index < -0.39 is 16.0 Å². The van der Waals surface area contributed by atoms with E-state index in [1.54, 1.807) is 36.7 Å². The van der Waals surface area contributed by atoms with Crippen LogP contribution in [-0.4, -0.2) is 24.3 Å². The first-order valence-electron chi connectivity index (χ1n) is 11.1. The summed E-state index contributed by atoms with van der Waals surface area (Å²) in [7, 11) is -3.82. The van der Waals surface area contributed by atoms with Crippen LogP contribution in [0.3, 0.4) is 0 Å². The average Bonchev–Trinajstić information content (AvgIpc) is 2.86. The Morgan fingerprint density at radius 3 is 2.19 bits per heavy atom. The van der Waals surface area contributed by atoms with E-state index in [-0.39, 0.29) is 40.0 Å². The predicted octanol–water partition coefficient (Wildman–Crippen LogP) is 1.11. The Bertz CT molecular complexity index is 1430. The average molecular weight is 544 g/mol. The molecule has 1 aromatic heterocycles. The number of carbonyl (C=O) groups excluding carboxylic acids is 1. The van der Waals surface area contributed by atoms with Crippen molar-refractivity contribution in [2.75, 3.05) is 4.72 Å². The number of sulfonamides is 1. The summed E-state index contributed by atoms with van der Waals surface area (Å²) in [5, 5.41) is 11.5. The number of halogens is 1. The standard InChI is InChI=1S/C27H24ClN3O4S.Na/c28-24-11-13-25(14-12-24)36(34,35)30-26-6-2-1-5-23(26)19-31(18-21-4-3-15-29-16-21)17-20-7-9-22(10-8-20)27(32)33;/h1-16,30H,17-19H2,(H,32,33);/q;+1/p-1. The second kappa shape index (κ2) is 13.2. The number of hydrogen-bond donors (Lipinski definition) is 1. The van der Waals surface area contributed by atoms with Crippen LogP contribution >= 0.6 is 11.6 Å². The molecule has 0 aliphatic carbocycles. The number of anilines is 1. The van der Waals surface area contributed by atoms with Crippen molar-refractivity contribution in [3.63, 3.8) is 0 Å². The van der Waals surface area contributed by atoms with Crippen molar-refractivity contribution < 1.29 is 47.9 Å². The number of benzene rings is 3. The van der Waals surface area contributed by atoms with Gasteiger partial charge in [0, 0.05) is 37.1 Å². The van der Waals surface area contributed by atoms with Crippen molar-refractivity contribution in [2.45, 2.75) is 24.5 Å². The van der Waals surface area contributed by atoms with Gasteiger partial charge in [-0.25, -0.2) is 8.42 Å². The molecule has 0 aliphatic heterocycles. The molecule has 3 aromatic carbocycles. The maximum absolute atomic E-state index is 13.0. The molecule has 184 valence electrons. The van der Waals surface area contributed by atoms with Gasteiger partial charge in [-0.1, -0.05) is 60.1 Å². The third kappa shape index (κ3) is 8.13. The van der Waals surface area contributed by atoms with Crippen LogP contribution in [0.1, 0.15) is 27.0 Å². The van der Waals surface area contributed by atoms with Gasteiger partial charge in [0.25, 0.3) is 10.0 Å². The topological polar surface area (TPSA) is 102 Å². The van der Waals surface area contributed by atoms with Crippen LogP contribution in [0.4, 0.5) is 5.69 Å². The first kappa shape index (κ1) is 28.8. The second-order valence-corrected chi connectivity index (χ2v) is 10.3. The summed E-state index contributed by atoms with van der Waals surface area (Å²) < 4.78 is 28.7. The summed E-state index contributed by atoms with van der Waals surface area (Å²) in [5.41, 5.74) is 3.26. The van der Waals surface area contributed by atoms with E-state index in [0.717, 1.165) is 16.7 Å². The fraction of sp³-hybridized carbons (Fsp3) is 0.111. The number of nitrogens with one attached hydrogen (secondary N) is 1. The molecule has 0 saturated heterocycles. The minimum Gasteiger partial charge on any atom is -0.545 e. The maximum Gasteiger partial charge on any atom is 1.00 e. The van der Waals surface area contributed by atoms with Gasteiger partial charge >= 0.3 is 29.6 Å². The van der Waals surface area contributed by atoms with Gasteiger partial charge in [0.2, 0.25) is 0 Å². The molecule has 0 amide bonds. The Hall–Kier alpha value is -2.72. The zero-order valence-corrected chi connectivity index (χ0v) is 23.7. The van der Waals surface area contributed by atoms with Gasteiger partial charge in [-0.05, 0) is 58.7 Å². The Labute approximate surface area is 243 Å². The van der Waals surface area contributed by atoms with Gasteiger partial charge in [0.05, 0.1) is 16.6 Å². The van der Waals surface area contributed by atoms with Gasteiger partial charge in [-0.3, -0.25) is 14.6 Å². The third-order valence-corrected chi connectivity index (χ3v) is 7.14. The number of nitrogens with zero attached hydrogens (tertiary/aromatic N) is 2. The molecular formula is C27H23ClN3NaO4S. The Morgan fingerprint density at radius 1 is 0.865 bits per heavy atom. The number of carbonyl (C=O) groups is 1. The number of aromatic carboxylic acids is 1. The zero-order chi connectivity index (χ0) is 25.5.